The second kappa shape index (κ2) is 5.67. The van der Waals surface area contributed by atoms with Gasteiger partial charge in [0.2, 0.25) is 0 Å². The topological polar surface area (TPSA) is 35.5 Å². The minimum absolute atomic E-state index is 0.0354. The smallest absolute Gasteiger partial charge is 0.169 e. The fourth-order valence-corrected chi connectivity index (χ4v) is 8.12. The summed E-state index contributed by atoms with van der Waals surface area (Å²) in [5.41, 5.74) is 1.78. The Hall–Kier alpha value is -0.670. The monoisotopic (exact) mass is 358 g/mol. The number of carbonyl (C=O) groups is 1. The van der Waals surface area contributed by atoms with Gasteiger partial charge in [0, 0.05) is 18.3 Å². The Balaban J connectivity index is 1.51. The minimum atomic E-state index is -0.485. The lowest BCUT2D eigenvalue weighted by atomic mass is 9.47. The molecule has 0 spiro atoms. The highest BCUT2D eigenvalue weighted by Crippen LogP contribution is 2.67. The molecule has 0 radical (unpaired) electrons. The molecule has 0 N–H and O–H groups in total. The number of ether oxygens (including phenoxy) is 2. The second-order valence-corrected chi connectivity index (χ2v) is 10.3. The van der Waals surface area contributed by atoms with Crippen LogP contribution in [0.4, 0.5) is 0 Å². The van der Waals surface area contributed by atoms with Gasteiger partial charge in [-0.1, -0.05) is 31.9 Å². The Morgan fingerprint density at radius 2 is 1.85 bits per heavy atom. The summed E-state index contributed by atoms with van der Waals surface area (Å²) in [5.74, 6) is 1.83. The summed E-state index contributed by atoms with van der Waals surface area (Å²) in [6.45, 7) is 8.29. The van der Waals surface area contributed by atoms with Gasteiger partial charge in [-0.3, -0.25) is 4.79 Å². The summed E-state index contributed by atoms with van der Waals surface area (Å²) < 4.78 is 12.1. The van der Waals surface area contributed by atoms with E-state index in [1.165, 1.54) is 32.1 Å². The van der Waals surface area contributed by atoms with Gasteiger partial charge in [0.1, 0.15) is 5.78 Å². The Kier molecular flexibility index (Phi) is 3.80. The highest BCUT2D eigenvalue weighted by molar-refractivity contribution is 5.85. The number of carbonyl (C=O) groups excluding carboxylic acids is 1. The molecule has 3 unspecified atom stereocenters. The maximum Gasteiger partial charge on any atom is 0.169 e. The Morgan fingerprint density at radius 3 is 2.62 bits per heavy atom. The number of hydrogen-bond acceptors (Lipinski definition) is 3. The van der Waals surface area contributed by atoms with Crippen LogP contribution in [0, 0.1) is 34.5 Å². The van der Waals surface area contributed by atoms with E-state index in [1.807, 2.05) is 0 Å². The van der Waals surface area contributed by atoms with Crippen molar-refractivity contribution >= 4 is 5.78 Å². The number of fused-ring (bicyclic) bond motifs is 5. The average molecular weight is 359 g/mol. The first-order valence-electron chi connectivity index (χ1n) is 10.9. The van der Waals surface area contributed by atoms with E-state index in [0.29, 0.717) is 36.8 Å². The SMILES string of the molecule is CC1([C@H]2CCC3C4CC=C5CCCC[C@]5(C)C4C(=O)C[C@@]32C)OCCO1. The highest BCUT2D eigenvalue weighted by atomic mass is 16.7. The third-order valence-electron chi connectivity index (χ3n) is 9.20. The number of Topliss-reactive ketones (excluding diaryl/α,β-unsaturated/α-hetero) is 1. The minimum Gasteiger partial charge on any atom is -0.348 e. The number of rotatable bonds is 1. The molecule has 26 heavy (non-hydrogen) atoms. The molecule has 144 valence electrons. The zero-order valence-electron chi connectivity index (χ0n) is 16.7. The van der Waals surface area contributed by atoms with Gasteiger partial charge in [-0.05, 0) is 68.1 Å². The summed E-state index contributed by atoms with van der Waals surface area (Å²) in [5, 5.41) is 0. The lowest BCUT2D eigenvalue weighted by Crippen LogP contribution is -2.56. The van der Waals surface area contributed by atoms with Gasteiger partial charge >= 0.3 is 0 Å². The third kappa shape index (κ3) is 2.16. The maximum atomic E-state index is 13.6. The molecule has 0 bridgehead atoms. The van der Waals surface area contributed by atoms with Crippen LogP contribution in [0.2, 0.25) is 0 Å². The van der Waals surface area contributed by atoms with Crippen LogP contribution >= 0.6 is 0 Å². The Labute approximate surface area is 157 Å². The number of allylic oxidation sites excluding steroid dienone is 2. The predicted octanol–water partition coefficient (Wildman–Crippen LogP) is 4.90. The van der Waals surface area contributed by atoms with E-state index in [4.69, 9.17) is 9.47 Å². The molecule has 6 atom stereocenters. The summed E-state index contributed by atoms with van der Waals surface area (Å²) in [7, 11) is 0. The highest BCUT2D eigenvalue weighted by Gasteiger charge is 2.65. The van der Waals surface area contributed by atoms with Gasteiger partial charge in [-0.15, -0.1) is 0 Å². The first kappa shape index (κ1) is 17.4. The first-order valence-corrected chi connectivity index (χ1v) is 10.9. The second-order valence-electron chi connectivity index (χ2n) is 10.3. The molecule has 3 nitrogen and oxygen atoms in total. The molecule has 5 aliphatic rings. The molecule has 0 amide bonds. The van der Waals surface area contributed by atoms with Gasteiger partial charge < -0.3 is 9.47 Å². The summed E-state index contributed by atoms with van der Waals surface area (Å²) >= 11 is 0. The van der Waals surface area contributed by atoms with Crippen molar-refractivity contribution in [2.45, 2.75) is 77.9 Å². The van der Waals surface area contributed by atoms with E-state index < -0.39 is 5.79 Å². The molecule has 1 heterocycles. The van der Waals surface area contributed by atoms with Crippen LogP contribution in [0.5, 0.6) is 0 Å². The van der Waals surface area contributed by atoms with E-state index in [1.54, 1.807) is 5.57 Å². The van der Waals surface area contributed by atoms with Crippen molar-refractivity contribution < 1.29 is 14.3 Å². The molecule has 1 saturated heterocycles. The molecule has 0 aromatic rings. The van der Waals surface area contributed by atoms with Crippen molar-refractivity contribution in [2.24, 2.45) is 34.5 Å². The molecule has 4 fully saturated rings. The quantitative estimate of drug-likeness (QED) is 0.626. The average Bonchev–Trinajstić information content (AvgIpc) is 3.17. The fourth-order valence-electron chi connectivity index (χ4n) is 8.12. The number of hydrogen-bond donors (Lipinski definition) is 0. The predicted molar refractivity (Wildman–Crippen MR) is 101 cm³/mol. The molecule has 0 aromatic carbocycles. The van der Waals surface area contributed by atoms with Crippen LogP contribution < -0.4 is 0 Å². The standard InChI is InChI=1S/C23H34O3/c1-21-11-5-4-6-15(21)7-8-16-17-9-10-19(23(3)25-12-13-26-23)22(17,2)14-18(24)20(16)21/h7,16-17,19-20H,4-6,8-14H2,1-3H3/t16?,17?,19-,20?,21-,22-/m0/s1. The van der Waals surface area contributed by atoms with Crippen molar-refractivity contribution in [1.29, 1.82) is 0 Å². The van der Waals surface area contributed by atoms with Crippen LogP contribution in [0.25, 0.3) is 0 Å². The molecule has 3 heteroatoms. The molecule has 3 saturated carbocycles. The van der Waals surface area contributed by atoms with Gasteiger partial charge in [0.25, 0.3) is 0 Å². The summed E-state index contributed by atoms with van der Waals surface area (Å²) in [4.78, 5) is 13.6. The van der Waals surface area contributed by atoms with Crippen LogP contribution in [0.3, 0.4) is 0 Å². The van der Waals surface area contributed by atoms with Crippen LogP contribution in [0.15, 0.2) is 11.6 Å². The lowest BCUT2D eigenvalue weighted by molar-refractivity contribution is -0.213. The molecule has 5 rings (SSSR count). The van der Waals surface area contributed by atoms with E-state index in [-0.39, 0.29) is 16.7 Å². The molecular weight excluding hydrogens is 324 g/mol. The fraction of sp³-hybridized carbons (Fsp3) is 0.870. The third-order valence-corrected chi connectivity index (χ3v) is 9.20. The Bertz CT molecular complexity index is 646. The van der Waals surface area contributed by atoms with Crippen molar-refractivity contribution in [3.63, 3.8) is 0 Å². The van der Waals surface area contributed by atoms with Crippen molar-refractivity contribution in [2.75, 3.05) is 13.2 Å². The molecule has 0 aromatic heterocycles. The normalized spacial score (nSPS) is 50.0. The van der Waals surface area contributed by atoms with Gasteiger partial charge in [-0.2, -0.15) is 0 Å². The number of ketones is 1. The zero-order chi connectivity index (χ0) is 18.2. The first-order chi connectivity index (χ1) is 12.4. The van der Waals surface area contributed by atoms with Crippen LogP contribution in [0.1, 0.15) is 72.1 Å². The van der Waals surface area contributed by atoms with Crippen molar-refractivity contribution in [3.05, 3.63) is 11.6 Å². The van der Waals surface area contributed by atoms with Gasteiger partial charge in [-0.25, -0.2) is 0 Å². The Morgan fingerprint density at radius 1 is 1.08 bits per heavy atom. The lowest BCUT2D eigenvalue weighted by Gasteiger charge is -2.57. The van der Waals surface area contributed by atoms with Crippen molar-refractivity contribution in [3.8, 4) is 0 Å². The summed E-state index contributed by atoms with van der Waals surface area (Å²) in [6, 6.07) is 0. The van der Waals surface area contributed by atoms with E-state index >= 15 is 0 Å². The molecule has 1 aliphatic heterocycles. The zero-order valence-corrected chi connectivity index (χ0v) is 16.7. The molecule has 4 aliphatic carbocycles. The largest absolute Gasteiger partial charge is 0.348 e. The van der Waals surface area contributed by atoms with Crippen molar-refractivity contribution in [1.82, 2.24) is 0 Å². The van der Waals surface area contributed by atoms with E-state index in [9.17, 15) is 4.79 Å². The molecular formula is C23H34O3. The van der Waals surface area contributed by atoms with Crippen LogP contribution in [-0.4, -0.2) is 24.8 Å². The van der Waals surface area contributed by atoms with Gasteiger partial charge in [0.05, 0.1) is 13.2 Å². The van der Waals surface area contributed by atoms with Crippen LogP contribution in [-0.2, 0) is 14.3 Å². The summed E-state index contributed by atoms with van der Waals surface area (Å²) in [6.07, 6.45) is 11.8. The maximum absolute atomic E-state index is 13.6. The van der Waals surface area contributed by atoms with E-state index in [2.05, 4.69) is 26.8 Å². The van der Waals surface area contributed by atoms with Gasteiger partial charge in [0.15, 0.2) is 5.79 Å². The van der Waals surface area contributed by atoms with E-state index in [0.717, 1.165) is 19.3 Å².